The summed E-state index contributed by atoms with van der Waals surface area (Å²) in [5, 5.41) is 0. The van der Waals surface area contributed by atoms with Crippen LogP contribution in [0.25, 0.3) is 0 Å². The van der Waals surface area contributed by atoms with E-state index in [1.807, 2.05) is 41.5 Å². The van der Waals surface area contributed by atoms with Crippen molar-refractivity contribution < 1.29 is 18.9 Å². The molecule has 0 heterocycles. The predicted octanol–water partition coefficient (Wildman–Crippen LogP) is 6.21. The molecule has 0 amide bonds. The summed E-state index contributed by atoms with van der Waals surface area (Å²) in [5.41, 5.74) is 0. The maximum Gasteiger partial charge on any atom is 0.283 e. The lowest BCUT2D eigenvalue weighted by atomic mass is 10.1. The molecule has 142 valence electrons. The van der Waals surface area contributed by atoms with Crippen molar-refractivity contribution in [2.45, 2.75) is 124 Å². The van der Waals surface area contributed by atoms with Gasteiger partial charge in [-0.3, -0.25) is 4.70 Å². The highest BCUT2D eigenvalue weighted by atomic mass is 19.0. The molecule has 0 aromatic heterocycles. The van der Waals surface area contributed by atoms with Crippen LogP contribution in [0, 0.1) is 0 Å². The molecule has 0 aromatic rings. The van der Waals surface area contributed by atoms with E-state index < -0.39 is 5.97 Å². The number of ether oxygens (including phenoxy) is 3. The molecule has 0 aliphatic carbocycles. The average Bonchev–Trinajstić information content (AvgIpc) is 2.35. The molecule has 0 N–H and O–H groups in total. The molecule has 4 heteroatoms. The Morgan fingerprint density at radius 2 is 0.957 bits per heavy atom. The van der Waals surface area contributed by atoms with Gasteiger partial charge in [-0.2, -0.15) is 0 Å². The van der Waals surface area contributed by atoms with Gasteiger partial charge in [0.05, 0.1) is 18.3 Å². The first-order valence-corrected chi connectivity index (χ1v) is 9.34. The fourth-order valence-corrected chi connectivity index (χ4v) is 2.64. The van der Waals surface area contributed by atoms with Crippen molar-refractivity contribution in [2.75, 3.05) is 0 Å². The van der Waals surface area contributed by atoms with Crippen LogP contribution in [0.4, 0.5) is 4.70 Å². The molecule has 3 nitrogen and oxygen atoms in total. The monoisotopic (exact) mass is 336 g/mol. The molecule has 0 radical (unpaired) electrons. The molecule has 0 spiro atoms. The second-order valence-corrected chi connectivity index (χ2v) is 7.05. The molecule has 0 unspecified atom stereocenters. The summed E-state index contributed by atoms with van der Waals surface area (Å²) in [6.07, 6.45) is 10.00. The Morgan fingerprint density at radius 1 is 0.609 bits per heavy atom. The van der Waals surface area contributed by atoms with E-state index >= 15 is 0 Å². The van der Waals surface area contributed by atoms with Gasteiger partial charge in [-0.15, -0.1) is 0 Å². The van der Waals surface area contributed by atoms with Crippen LogP contribution in [-0.2, 0) is 14.2 Å². The number of hydrogen-bond acceptors (Lipinski definition) is 3. The van der Waals surface area contributed by atoms with Crippen molar-refractivity contribution in [3.8, 4) is 0 Å². The van der Waals surface area contributed by atoms with Crippen molar-refractivity contribution in [1.82, 2.24) is 0 Å². The van der Waals surface area contributed by atoms with Gasteiger partial charge in [-0.05, 0) is 48.0 Å². The Kier molecular flexibility index (Phi) is 15.4. The smallest absolute Gasteiger partial charge is 0.283 e. The van der Waals surface area contributed by atoms with Crippen LogP contribution in [0.15, 0.2) is 0 Å². The lowest BCUT2D eigenvalue weighted by Crippen LogP contribution is -2.44. The van der Waals surface area contributed by atoms with Gasteiger partial charge in [0, 0.05) is 6.42 Å². The van der Waals surface area contributed by atoms with E-state index in [0.717, 1.165) is 12.8 Å². The summed E-state index contributed by atoms with van der Waals surface area (Å²) in [5.74, 6) is -0.889. The highest BCUT2D eigenvalue weighted by Crippen LogP contribution is 2.28. The maximum absolute atomic E-state index is 6.06. The first-order chi connectivity index (χ1) is 10.3. The van der Waals surface area contributed by atoms with Crippen LogP contribution in [-0.4, -0.2) is 24.3 Å². The number of unbranched alkanes of at least 4 members (excludes halogenated alkanes) is 6. The van der Waals surface area contributed by atoms with E-state index in [1.54, 1.807) is 0 Å². The van der Waals surface area contributed by atoms with Gasteiger partial charge in [0.1, 0.15) is 0 Å². The van der Waals surface area contributed by atoms with Gasteiger partial charge in [0.15, 0.2) is 0 Å². The molecule has 0 aliphatic rings. The summed E-state index contributed by atoms with van der Waals surface area (Å²) in [4.78, 5) is 0. The normalized spacial score (nSPS) is 12.3. The highest BCUT2D eigenvalue weighted by Gasteiger charge is 2.36. The SMILES string of the molecule is CCCCCCCCCC(OC(C)C)(OC(C)C)OC(C)C.F. The van der Waals surface area contributed by atoms with Gasteiger partial charge in [0.2, 0.25) is 0 Å². The van der Waals surface area contributed by atoms with Crippen LogP contribution in [0.1, 0.15) is 99.8 Å². The Hall–Kier alpha value is -0.190. The number of hydrogen-bond donors (Lipinski definition) is 0. The lowest BCUT2D eigenvalue weighted by Gasteiger charge is -2.37. The summed E-state index contributed by atoms with van der Waals surface area (Å²) in [6, 6.07) is 0. The fourth-order valence-electron chi connectivity index (χ4n) is 2.64. The fraction of sp³-hybridized carbons (Fsp3) is 1.00. The van der Waals surface area contributed by atoms with E-state index in [1.165, 1.54) is 38.5 Å². The predicted molar refractivity (Wildman–Crippen MR) is 96.5 cm³/mol. The summed E-state index contributed by atoms with van der Waals surface area (Å²) in [6.45, 7) is 14.5. The van der Waals surface area contributed by atoms with Gasteiger partial charge in [-0.1, -0.05) is 45.4 Å². The Balaban J connectivity index is 0. The largest absolute Gasteiger partial charge is 0.325 e. The summed E-state index contributed by atoms with van der Waals surface area (Å²) >= 11 is 0. The molecule has 0 fully saturated rings. The lowest BCUT2D eigenvalue weighted by molar-refractivity contribution is -0.412. The topological polar surface area (TPSA) is 27.7 Å². The zero-order valence-electron chi connectivity index (χ0n) is 16.5. The standard InChI is InChI=1S/C19H40O3.FH/c1-8-9-10-11-12-13-14-15-19(20-16(2)3,21-17(4)5)22-18(6)7;/h16-18H,8-15H2,1-7H3;1H. The third-order valence-electron chi connectivity index (χ3n) is 3.33. The van der Waals surface area contributed by atoms with Crippen LogP contribution in [0.3, 0.4) is 0 Å². The molecular formula is C19H41FO3. The first kappa shape index (κ1) is 25.1. The molecule has 0 atom stereocenters. The second kappa shape index (κ2) is 14.2. The van der Waals surface area contributed by atoms with Crippen LogP contribution in [0.2, 0.25) is 0 Å². The molecular weight excluding hydrogens is 295 g/mol. The molecule has 0 bridgehead atoms. The average molecular weight is 337 g/mol. The molecule has 0 saturated carbocycles. The maximum atomic E-state index is 6.06. The molecule has 0 aromatic carbocycles. The van der Waals surface area contributed by atoms with Crippen LogP contribution < -0.4 is 0 Å². The number of rotatable bonds is 14. The van der Waals surface area contributed by atoms with E-state index in [9.17, 15) is 0 Å². The van der Waals surface area contributed by atoms with Gasteiger partial charge < -0.3 is 14.2 Å². The third kappa shape index (κ3) is 13.9. The van der Waals surface area contributed by atoms with Gasteiger partial charge in [0.25, 0.3) is 5.97 Å². The van der Waals surface area contributed by atoms with E-state index in [2.05, 4.69) is 6.92 Å². The van der Waals surface area contributed by atoms with Crippen molar-refractivity contribution in [3.05, 3.63) is 0 Å². The summed E-state index contributed by atoms with van der Waals surface area (Å²) < 4.78 is 18.2. The minimum Gasteiger partial charge on any atom is -0.325 e. The van der Waals surface area contributed by atoms with E-state index in [4.69, 9.17) is 14.2 Å². The zero-order valence-corrected chi connectivity index (χ0v) is 16.5. The highest BCUT2D eigenvalue weighted by molar-refractivity contribution is 4.64. The minimum atomic E-state index is -0.889. The molecule has 0 saturated heterocycles. The van der Waals surface area contributed by atoms with Crippen molar-refractivity contribution in [2.24, 2.45) is 0 Å². The Morgan fingerprint density at radius 3 is 1.30 bits per heavy atom. The molecule has 0 aliphatic heterocycles. The third-order valence-corrected chi connectivity index (χ3v) is 3.33. The van der Waals surface area contributed by atoms with Crippen molar-refractivity contribution in [1.29, 1.82) is 0 Å². The van der Waals surface area contributed by atoms with E-state index in [0.29, 0.717) is 0 Å². The summed E-state index contributed by atoms with van der Waals surface area (Å²) in [7, 11) is 0. The van der Waals surface area contributed by atoms with Gasteiger partial charge >= 0.3 is 0 Å². The minimum absolute atomic E-state index is 0. The second-order valence-electron chi connectivity index (χ2n) is 7.05. The van der Waals surface area contributed by atoms with E-state index in [-0.39, 0.29) is 23.0 Å². The van der Waals surface area contributed by atoms with Crippen LogP contribution in [0.5, 0.6) is 0 Å². The van der Waals surface area contributed by atoms with Crippen molar-refractivity contribution in [3.63, 3.8) is 0 Å². The molecule has 0 rings (SSSR count). The van der Waals surface area contributed by atoms with Crippen LogP contribution >= 0.6 is 0 Å². The Labute approximate surface area is 143 Å². The molecule has 23 heavy (non-hydrogen) atoms. The van der Waals surface area contributed by atoms with Crippen molar-refractivity contribution >= 4 is 0 Å². The first-order valence-electron chi connectivity index (χ1n) is 9.34. The Bertz CT molecular complexity index is 228. The zero-order chi connectivity index (χ0) is 17.0. The quantitative estimate of drug-likeness (QED) is 0.279. The van der Waals surface area contributed by atoms with Gasteiger partial charge in [-0.25, -0.2) is 0 Å². The number of halogens is 1.